The third kappa shape index (κ3) is 3.18. The van der Waals surface area contributed by atoms with Crippen molar-refractivity contribution in [2.45, 2.75) is 44.9 Å². The molecule has 1 aromatic carbocycles. The van der Waals surface area contributed by atoms with Gasteiger partial charge in [0.2, 0.25) is 0 Å². The highest BCUT2D eigenvalue weighted by atomic mass is 15.1. The van der Waals surface area contributed by atoms with Crippen LogP contribution in [0, 0.1) is 16.7 Å². The van der Waals surface area contributed by atoms with Crippen LogP contribution in [0.2, 0.25) is 0 Å². The number of nitrogens with zero attached hydrogens (tertiary/aromatic N) is 2. The molecule has 0 radical (unpaired) electrons. The fourth-order valence-corrected chi connectivity index (χ4v) is 3.06. The molecule has 4 nitrogen and oxygen atoms in total. The number of hydrogen-bond donors (Lipinski definition) is 2. The summed E-state index contributed by atoms with van der Waals surface area (Å²) in [5.74, 6) is 0.471. The molecular formula is C17H22N4. The Morgan fingerprint density at radius 3 is 2.90 bits per heavy atom. The summed E-state index contributed by atoms with van der Waals surface area (Å²) in [7, 11) is 0. The molecule has 1 aromatic rings. The number of anilines is 1. The van der Waals surface area contributed by atoms with Gasteiger partial charge in [0.15, 0.2) is 5.96 Å². The number of nitriles is 1. The second-order valence-corrected chi connectivity index (χ2v) is 6.31. The van der Waals surface area contributed by atoms with E-state index in [1.807, 2.05) is 0 Å². The lowest BCUT2D eigenvalue weighted by atomic mass is 9.90. The molecule has 0 amide bonds. The first-order valence-corrected chi connectivity index (χ1v) is 7.77. The first kappa shape index (κ1) is 13.9. The van der Waals surface area contributed by atoms with Crippen molar-refractivity contribution in [3.63, 3.8) is 0 Å². The number of rotatable bonds is 4. The zero-order valence-corrected chi connectivity index (χ0v) is 12.4. The number of guanidine groups is 1. The summed E-state index contributed by atoms with van der Waals surface area (Å²) in [4.78, 5) is 4.45. The smallest absolute Gasteiger partial charge is 0.193 e. The highest BCUT2D eigenvalue weighted by molar-refractivity contribution is 5.93. The number of aliphatic imine (C=N–C) groups is 1. The van der Waals surface area contributed by atoms with Gasteiger partial charge in [-0.05, 0) is 55.7 Å². The van der Waals surface area contributed by atoms with E-state index in [1.54, 1.807) is 0 Å². The molecule has 1 fully saturated rings. The van der Waals surface area contributed by atoms with Gasteiger partial charge in [-0.1, -0.05) is 12.1 Å². The Morgan fingerprint density at radius 2 is 2.14 bits per heavy atom. The predicted molar refractivity (Wildman–Crippen MR) is 85.1 cm³/mol. The standard InChI is InChI=1S/C17H22N4/c18-11-10-17(8-9-17)12-20-16(19)21-15-7-3-5-13-4-1-2-6-14(13)15/h3,5,7H,1-2,4,6,8-10,12H2,(H3,19,20,21). The monoisotopic (exact) mass is 282 g/mol. The van der Waals surface area contributed by atoms with Crippen molar-refractivity contribution in [1.82, 2.24) is 0 Å². The summed E-state index contributed by atoms with van der Waals surface area (Å²) in [6, 6.07) is 8.62. The number of benzene rings is 1. The lowest BCUT2D eigenvalue weighted by molar-refractivity contribution is 0.540. The Hall–Kier alpha value is -2.02. The quantitative estimate of drug-likeness (QED) is 0.658. The minimum Gasteiger partial charge on any atom is -0.370 e. The largest absolute Gasteiger partial charge is 0.370 e. The van der Waals surface area contributed by atoms with E-state index in [1.165, 1.54) is 24.0 Å². The second-order valence-electron chi connectivity index (χ2n) is 6.31. The molecule has 0 aliphatic heterocycles. The van der Waals surface area contributed by atoms with Crippen LogP contribution in [0.1, 0.15) is 43.2 Å². The second kappa shape index (κ2) is 5.77. The van der Waals surface area contributed by atoms with E-state index in [-0.39, 0.29) is 5.41 Å². The summed E-state index contributed by atoms with van der Waals surface area (Å²) in [5.41, 5.74) is 10.1. The Kier molecular flexibility index (Phi) is 3.83. The molecule has 1 saturated carbocycles. The molecular weight excluding hydrogens is 260 g/mol. The molecule has 4 heteroatoms. The van der Waals surface area contributed by atoms with Crippen LogP contribution in [-0.2, 0) is 12.8 Å². The van der Waals surface area contributed by atoms with Crippen LogP contribution in [0.15, 0.2) is 23.2 Å². The molecule has 0 atom stereocenters. The van der Waals surface area contributed by atoms with Crippen LogP contribution < -0.4 is 11.1 Å². The van der Waals surface area contributed by atoms with Gasteiger partial charge in [0.1, 0.15) is 0 Å². The van der Waals surface area contributed by atoms with Crippen LogP contribution in [0.5, 0.6) is 0 Å². The van der Waals surface area contributed by atoms with Crippen LogP contribution in [0.3, 0.4) is 0 Å². The van der Waals surface area contributed by atoms with Gasteiger partial charge in [-0.2, -0.15) is 5.26 Å². The van der Waals surface area contributed by atoms with Crippen molar-refractivity contribution >= 4 is 11.6 Å². The average molecular weight is 282 g/mol. The molecule has 0 unspecified atom stereocenters. The molecule has 2 aliphatic carbocycles. The van der Waals surface area contributed by atoms with E-state index in [2.05, 4.69) is 34.6 Å². The highest BCUT2D eigenvalue weighted by Gasteiger charge is 2.42. The number of hydrogen-bond acceptors (Lipinski definition) is 2. The van der Waals surface area contributed by atoms with Gasteiger partial charge in [-0.25, -0.2) is 0 Å². The zero-order valence-electron chi connectivity index (χ0n) is 12.4. The minimum absolute atomic E-state index is 0.108. The molecule has 3 rings (SSSR count). The molecule has 2 aliphatic rings. The topological polar surface area (TPSA) is 74.2 Å². The number of nitrogens with two attached hydrogens (primary N) is 1. The van der Waals surface area contributed by atoms with Crippen LogP contribution in [-0.4, -0.2) is 12.5 Å². The number of aryl methyl sites for hydroxylation is 1. The fraction of sp³-hybridized carbons (Fsp3) is 0.529. The van der Waals surface area contributed by atoms with E-state index in [0.717, 1.165) is 31.4 Å². The molecule has 3 N–H and O–H groups in total. The SMILES string of the molecule is N#CCC1(CN=C(N)Nc2cccc3c2CCCC3)CC1. The van der Waals surface area contributed by atoms with Crippen molar-refractivity contribution in [2.24, 2.45) is 16.1 Å². The van der Waals surface area contributed by atoms with Crippen LogP contribution >= 0.6 is 0 Å². The maximum absolute atomic E-state index is 8.83. The Balaban J connectivity index is 1.68. The molecule has 0 bridgehead atoms. The summed E-state index contributed by atoms with van der Waals surface area (Å²) in [6.45, 7) is 0.661. The van der Waals surface area contributed by atoms with E-state index >= 15 is 0 Å². The highest BCUT2D eigenvalue weighted by Crippen LogP contribution is 2.48. The van der Waals surface area contributed by atoms with Gasteiger partial charge >= 0.3 is 0 Å². The van der Waals surface area contributed by atoms with E-state index in [4.69, 9.17) is 11.0 Å². The molecule has 21 heavy (non-hydrogen) atoms. The average Bonchev–Trinajstić information content (AvgIpc) is 3.26. The first-order chi connectivity index (χ1) is 10.2. The zero-order chi connectivity index (χ0) is 14.7. The van der Waals surface area contributed by atoms with Gasteiger partial charge in [-0.15, -0.1) is 0 Å². The summed E-state index contributed by atoms with van der Waals surface area (Å²) in [6.07, 6.45) is 7.57. The van der Waals surface area contributed by atoms with Gasteiger partial charge < -0.3 is 11.1 Å². The van der Waals surface area contributed by atoms with Crippen LogP contribution in [0.25, 0.3) is 0 Å². The third-order valence-corrected chi connectivity index (χ3v) is 4.65. The normalized spacial score (nSPS) is 19.5. The van der Waals surface area contributed by atoms with Gasteiger partial charge in [0.05, 0.1) is 6.07 Å². The third-order valence-electron chi connectivity index (χ3n) is 4.65. The number of nitrogens with one attached hydrogen (secondary N) is 1. The molecule has 0 saturated heterocycles. The summed E-state index contributed by atoms with van der Waals surface area (Å²) < 4.78 is 0. The van der Waals surface area contributed by atoms with Crippen molar-refractivity contribution in [3.8, 4) is 6.07 Å². The van der Waals surface area contributed by atoms with E-state index in [9.17, 15) is 0 Å². The number of fused-ring (bicyclic) bond motifs is 1. The van der Waals surface area contributed by atoms with E-state index in [0.29, 0.717) is 18.9 Å². The van der Waals surface area contributed by atoms with Gasteiger partial charge in [0, 0.05) is 24.1 Å². The fourth-order valence-electron chi connectivity index (χ4n) is 3.06. The molecule has 0 aromatic heterocycles. The lowest BCUT2D eigenvalue weighted by Gasteiger charge is -2.20. The molecule has 0 spiro atoms. The predicted octanol–water partition coefficient (Wildman–Crippen LogP) is 2.99. The van der Waals surface area contributed by atoms with Crippen molar-refractivity contribution < 1.29 is 0 Å². The van der Waals surface area contributed by atoms with E-state index < -0.39 is 0 Å². The maximum atomic E-state index is 8.83. The Bertz CT molecular complexity index is 593. The van der Waals surface area contributed by atoms with Crippen LogP contribution in [0.4, 0.5) is 5.69 Å². The Labute approximate surface area is 126 Å². The summed E-state index contributed by atoms with van der Waals surface area (Å²) >= 11 is 0. The molecule has 110 valence electrons. The minimum atomic E-state index is 0.108. The Morgan fingerprint density at radius 1 is 1.33 bits per heavy atom. The first-order valence-electron chi connectivity index (χ1n) is 7.77. The summed E-state index contributed by atoms with van der Waals surface area (Å²) in [5, 5.41) is 12.1. The molecule has 0 heterocycles. The maximum Gasteiger partial charge on any atom is 0.193 e. The van der Waals surface area contributed by atoms with Gasteiger partial charge in [-0.3, -0.25) is 4.99 Å². The van der Waals surface area contributed by atoms with Crippen molar-refractivity contribution in [1.29, 1.82) is 5.26 Å². The van der Waals surface area contributed by atoms with Gasteiger partial charge in [0.25, 0.3) is 0 Å². The lowest BCUT2D eigenvalue weighted by Crippen LogP contribution is -2.25. The van der Waals surface area contributed by atoms with Crippen molar-refractivity contribution in [3.05, 3.63) is 29.3 Å². The van der Waals surface area contributed by atoms with Crippen molar-refractivity contribution in [2.75, 3.05) is 11.9 Å².